The molecule has 5 N–H and O–H groups in total. The Hall–Kier alpha value is -2.52. The fourth-order valence-corrected chi connectivity index (χ4v) is 1.99. The maximum atomic E-state index is 3.12. The lowest BCUT2D eigenvalue weighted by atomic mass is 10.3. The first-order valence-corrected chi connectivity index (χ1v) is 5.98. The van der Waals surface area contributed by atoms with E-state index in [0.29, 0.717) is 0 Å². The zero-order valence-electron chi connectivity index (χ0n) is 10.6. The summed E-state index contributed by atoms with van der Waals surface area (Å²) in [5, 5.41) is 2.55. The van der Waals surface area contributed by atoms with Crippen LogP contribution in [-0.4, -0.2) is 9.97 Å². The summed E-state index contributed by atoms with van der Waals surface area (Å²) in [5.74, 6) is 0. The summed E-state index contributed by atoms with van der Waals surface area (Å²) in [6.45, 7) is 0. The predicted octanol–water partition coefficient (Wildman–Crippen LogP) is 4.50. The van der Waals surface area contributed by atoms with Gasteiger partial charge in [-0.1, -0.05) is 36.4 Å². The second-order valence-electron chi connectivity index (χ2n) is 4.13. The molecule has 0 fully saturated rings. The zero-order valence-corrected chi connectivity index (χ0v) is 10.6. The molecule has 0 atom stereocenters. The van der Waals surface area contributed by atoms with Gasteiger partial charge in [0.25, 0.3) is 0 Å². The standard InChI is InChI=1S/2C8H7N.H3N/c2*1-2-4-8-7(3-1)5-6-9-8;/h2*1-6,9H;1H3. The number of aromatic nitrogens is 2. The van der Waals surface area contributed by atoms with Gasteiger partial charge in [-0.25, -0.2) is 0 Å². The highest BCUT2D eigenvalue weighted by molar-refractivity contribution is 5.79. The summed E-state index contributed by atoms with van der Waals surface area (Å²) in [4.78, 5) is 6.24. The van der Waals surface area contributed by atoms with Gasteiger partial charge in [0.2, 0.25) is 0 Å². The molecule has 0 bridgehead atoms. The summed E-state index contributed by atoms with van der Waals surface area (Å²) in [6.07, 6.45) is 3.90. The normalized spacial score (nSPS) is 9.68. The fourth-order valence-electron chi connectivity index (χ4n) is 1.99. The van der Waals surface area contributed by atoms with Crippen molar-refractivity contribution in [2.24, 2.45) is 0 Å². The van der Waals surface area contributed by atoms with Crippen molar-refractivity contribution in [3.8, 4) is 0 Å². The molecule has 0 aliphatic rings. The number of hydrogen-bond acceptors (Lipinski definition) is 1. The first-order valence-electron chi connectivity index (χ1n) is 5.98. The first kappa shape index (κ1) is 12.9. The summed E-state index contributed by atoms with van der Waals surface area (Å²) in [7, 11) is 0. The Morgan fingerprint density at radius 2 is 0.947 bits per heavy atom. The molecular formula is C16H17N3. The maximum Gasteiger partial charge on any atom is 0.0453 e. The van der Waals surface area contributed by atoms with Gasteiger partial charge in [-0.2, -0.15) is 0 Å². The highest BCUT2D eigenvalue weighted by atomic mass is 14.7. The summed E-state index contributed by atoms with van der Waals surface area (Å²) >= 11 is 0. The van der Waals surface area contributed by atoms with Gasteiger partial charge in [-0.15, -0.1) is 0 Å². The van der Waals surface area contributed by atoms with E-state index in [1.165, 1.54) is 21.8 Å². The van der Waals surface area contributed by atoms with Crippen LogP contribution in [-0.2, 0) is 0 Å². The van der Waals surface area contributed by atoms with Crippen molar-refractivity contribution in [2.75, 3.05) is 0 Å². The second-order valence-corrected chi connectivity index (χ2v) is 4.13. The van der Waals surface area contributed by atoms with Gasteiger partial charge in [0.05, 0.1) is 0 Å². The monoisotopic (exact) mass is 251 g/mol. The van der Waals surface area contributed by atoms with Crippen molar-refractivity contribution in [1.29, 1.82) is 0 Å². The van der Waals surface area contributed by atoms with Crippen molar-refractivity contribution in [3.05, 3.63) is 73.1 Å². The number of benzene rings is 2. The van der Waals surface area contributed by atoms with Crippen molar-refractivity contribution >= 4 is 21.8 Å². The molecule has 2 heterocycles. The third kappa shape index (κ3) is 2.84. The van der Waals surface area contributed by atoms with Gasteiger partial charge in [0.15, 0.2) is 0 Å². The Kier molecular flexibility index (Phi) is 4.00. The van der Waals surface area contributed by atoms with E-state index in [1.807, 2.05) is 36.7 Å². The minimum absolute atomic E-state index is 0. The molecule has 3 nitrogen and oxygen atoms in total. The van der Waals surface area contributed by atoms with E-state index in [4.69, 9.17) is 0 Å². The third-order valence-corrected chi connectivity index (χ3v) is 2.93. The summed E-state index contributed by atoms with van der Waals surface area (Å²) in [6, 6.07) is 20.6. The number of rotatable bonds is 0. The largest absolute Gasteiger partial charge is 0.361 e. The van der Waals surface area contributed by atoms with Gasteiger partial charge in [0, 0.05) is 23.4 Å². The lowest BCUT2D eigenvalue weighted by Gasteiger charge is -1.83. The number of para-hydroxylation sites is 2. The Bertz CT molecular complexity index is 626. The summed E-state index contributed by atoms with van der Waals surface area (Å²) in [5.41, 5.74) is 2.41. The molecule has 4 rings (SSSR count). The Balaban J connectivity index is 0.000000133. The van der Waals surface area contributed by atoms with Crippen LogP contribution in [0.5, 0.6) is 0 Å². The molecule has 0 spiro atoms. The molecule has 3 heteroatoms. The van der Waals surface area contributed by atoms with Crippen LogP contribution in [0.4, 0.5) is 0 Å². The topological polar surface area (TPSA) is 66.6 Å². The Morgan fingerprint density at radius 3 is 1.37 bits per heavy atom. The number of nitrogens with one attached hydrogen (secondary N) is 2. The SMILES string of the molecule is N.c1ccc2[nH]ccc2c1.c1ccc2[nH]ccc2c1. The molecular weight excluding hydrogens is 234 g/mol. The van der Waals surface area contributed by atoms with Crippen LogP contribution in [0.25, 0.3) is 21.8 Å². The zero-order chi connectivity index (χ0) is 12.2. The van der Waals surface area contributed by atoms with Crippen LogP contribution in [0.3, 0.4) is 0 Å². The van der Waals surface area contributed by atoms with Gasteiger partial charge in [0.1, 0.15) is 0 Å². The number of aromatic amines is 2. The van der Waals surface area contributed by atoms with E-state index in [9.17, 15) is 0 Å². The smallest absolute Gasteiger partial charge is 0.0453 e. The molecule has 0 amide bonds. The molecule has 4 aromatic rings. The highest BCUT2D eigenvalue weighted by Gasteiger charge is 1.87. The minimum atomic E-state index is 0. The van der Waals surface area contributed by atoms with Gasteiger partial charge in [-0.3, -0.25) is 0 Å². The van der Waals surface area contributed by atoms with E-state index >= 15 is 0 Å². The fraction of sp³-hybridized carbons (Fsp3) is 0. The van der Waals surface area contributed by atoms with Crippen molar-refractivity contribution < 1.29 is 0 Å². The van der Waals surface area contributed by atoms with Gasteiger partial charge in [-0.05, 0) is 35.0 Å². The van der Waals surface area contributed by atoms with E-state index < -0.39 is 0 Å². The molecule has 19 heavy (non-hydrogen) atoms. The van der Waals surface area contributed by atoms with Crippen LogP contribution >= 0.6 is 0 Å². The second kappa shape index (κ2) is 5.89. The average molecular weight is 251 g/mol. The lowest BCUT2D eigenvalue weighted by molar-refractivity contribution is 1.48. The van der Waals surface area contributed by atoms with Crippen LogP contribution < -0.4 is 6.15 Å². The number of fused-ring (bicyclic) bond motifs is 2. The Labute approximate surface area is 111 Å². The molecule has 0 saturated carbocycles. The molecule has 0 radical (unpaired) electrons. The predicted molar refractivity (Wildman–Crippen MR) is 81.6 cm³/mol. The van der Waals surface area contributed by atoms with Crippen molar-refractivity contribution in [1.82, 2.24) is 16.1 Å². The van der Waals surface area contributed by atoms with Crippen LogP contribution in [0.1, 0.15) is 0 Å². The van der Waals surface area contributed by atoms with E-state index in [2.05, 4.69) is 46.4 Å². The highest BCUT2D eigenvalue weighted by Crippen LogP contribution is 2.09. The molecule has 2 aromatic carbocycles. The maximum absolute atomic E-state index is 3.12. The van der Waals surface area contributed by atoms with Gasteiger partial charge >= 0.3 is 0 Å². The van der Waals surface area contributed by atoms with Crippen LogP contribution in [0.2, 0.25) is 0 Å². The van der Waals surface area contributed by atoms with E-state index in [0.717, 1.165) is 0 Å². The van der Waals surface area contributed by atoms with Crippen molar-refractivity contribution in [3.63, 3.8) is 0 Å². The lowest BCUT2D eigenvalue weighted by Crippen LogP contribution is -1.61. The Morgan fingerprint density at radius 1 is 0.526 bits per heavy atom. The molecule has 2 aromatic heterocycles. The molecule has 0 aliphatic carbocycles. The quantitative estimate of drug-likeness (QED) is 0.423. The van der Waals surface area contributed by atoms with Gasteiger partial charge < -0.3 is 16.1 Å². The first-order chi connectivity index (χ1) is 8.93. The number of H-pyrrole nitrogens is 2. The summed E-state index contributed by atoms with van der Waals surface area (Å²) < 4.78 is 0. The van der Waals surface area contributed by atoms with Crippen molar-refractivity contribution in [2.45, 2.75) is 0 Å². The minimum Gasteiger partial charge on any atom is -0.361 e. The molecule has 0 saturated heterocycles. The van der Waals surface area contributed by atoms with Crippen LogP contribution in [0.15, 0.2) is 73.1 Å². The number of hydrogen-bond donors (Lipinski definition) is 3. The molecule has 96 valence electrons. The van der Waals surface area contributed by atoms with Crippen LogP contribution in [0, 0.1) is 0 Å². The third-order valence-electron chi connectivity index (χ3n) is 2.93. The average Bonchev–Trinajstić information content (AvgIpc) is 3.08. The van der Waals surface area contributed by atoms with E-state index in [1.54, 1.807) is 0 Å². The molecule has 0 aliphatic heterocycles. The van der Waals surface area contributed by atoms with E-state index in [-0.39, 0.29) is 6.15 Å². The molecule has 0 unspecified atom stereocenters.